The van der Waals surface area contributed by atoms with E-state index in [4.69, 9.17) is 15.8 Å². The van der Waals surface area contributed by atoms with Crippen LogP contribution in [0.4, 0.5) is 4.39 Å². The summed E-state index contributed by atoms with van der Waals surface area (Å²) >= 11 is 7.49. The van der Waals surface area contributed by atoms with Crippen molar-refractivity contribution < 1.29 is 21.8 Å². The van der Waals surface area contributed by atoms with Crippen LogP contribution in [-0.2, 0) is 16.7 Å². The van der Waals surface area contributed by atoms with Crippen LogP contribution in [-0.4, -0.2) is 25.3 Å². The summed E-state index contributed by atoms with van der Waals surface area (Å²) in [7, 11) is -4.20. The van der Waals surface area contributed by atoms with E-state index in [1.165, 1.54) is 23.5 Å². The molecule has 0 aliphatic heterocycles. The van der Waals surface area contributed by atoms with E-state index in [9.17, 15) is 17.6 Å². The number of carbonyl (C=O) groups excluding carboxylic acids is 1. The van der Waals surface area contributed by atoms with Crippen molar-refractivity contribution in [2.45, 2.75) is 37.8 Å². The van der Waals surface area contributed by atoms with Gasteiger partial charge in [0.05, 0.1) is 11.4 Å². The van der Waals surface area contributed by atoms with Gasteiger partial charge in [0.15, 0.2) is 0 Å². The van der Waals surface area contributed by atoms with Crippen LogP contribution in [0, 0.1) is 5.82 Å². The Morgan fingerprint density at radius 3 is 2.52 bits per heavy atom. The maximum absolute atomic E-state index is 13.2. The summed E-state index contributed by atoms with van der Waals surface area (Å²) in [6.45, 7) is 4.00. The third-order valence-corrected chi connectivity index (χ3v) is 7.12. The smallest absolute Gasteiger partial charge is 0.339 e. The Hall–Kier alpha value is -2.42. The van der Waals surface area contributed by atoms with E-state index in [1.807, 2.05) is 19.2 Å². The predicted octanol–water partition coefficient (Wildman–Crippen LogP) is 5.75. The summed E-state index contributed by atoms with van der Waals surface area (Å²) in [5, 5.41) is 2.21. The van der Waals surface area contributed by atoms with Crippen molar-refractivity contribution in [3.8, 4) is 5.75 Å². The van der Waals surface area contributed by atoms with Crippen LogP contribution in [0.3, 0.4) is 0 Å². The molecule has 164 valence electrons. The molecule has 3 aromatic rings. The van der Waals surface area contributed by atoms with Gasteiger partial charge in [-0.15, -0.1) is 11.3 Å². The highest BCUT2D eigenvalue weighted by Gasteiger charge is 2.25. The van der Waals surface area contributed by atoms with Gasteiger partial charge in [0.25, 0.3) is 5.91 Å². The molecule has 0 saturated heterocycles. The molecule has 0 aliphatic carbocycles. The first-order chi connectivity index (χ1) is 14.7. The fraction of sp³-hybridized carbons (Fsp3) is 0.227. The zero-order valence-electron chi connectivity index (χ0n) is 16.9. The SMILES string of the molecule is CCC(C)N(Cc1cc(Cl)ccc1OS(=O)(=O)c1ccc(F)cc1)C(=O)c1cccs1. The molecule has 1 unspecified atom stereocenters. The number of benzene rings is 2. The lowest BCUT2D eigenvalue weighted by molar-refractivity contribution is 0.0676. The first-order valence-corrected chi connectivity index (χ1v) is 12.2. The molecule has 31 heavy (non-hydrogen) atoms. The number of halogens is 2. The van der Waals surface area contributed by atoms with Gasteiger partial charge in [0, 0.05) is 16.6 Å². The van der Waals surface area contributed by atoms with Gasteiger partial charge in [-0.05, 0) is 67.3 Å². The Labute approximate surface area is 190 Å². The molecule has 0 saturated carbocycles. The molecule has 3 rings (SSSR count). The van der Waals surface area contributed by atoms with Gasteiger partial charge in [-0.1, -0.05) is 24.6 Å². The highest BCUT2D eigenvalue weighted by atomic mass is 35.5. The predicted molar refractivity (Wildman–Crippen MR) is 120 cm³/mol. The molecule has 9 heteroatoms. The van der Waals surface area contributed by atoms with Crippen molar-refractivity contribution in [3.63, 3.8) is 0 Å². The molecule has 2 aromatic carbocycles. The van der Waals surface area contributed by atoms with Gasteiger partial charge in [0.2, 0.25) is 0 Å². The number of hydrogen-bond donors (Lipinski definition) is 0. The van der Waals surface area contributed by atoms with Gasteiger partial charge >= 0.3 is 10.1 Å². The molecule has 1 amide bonds. The van der Waals surface area contributed by atoms with E-state index >= 15 is 0 Å². The van der Waals surface area contributed by atoms with Crippen LogP contribution >= 0.6 is 22.9 Å². The van der Waals surface area contributed by atoms with Crippen LogP contribution < -0.4 is 4.18 Å². The Kier molecular flexibility index (Phi) is 7.35. The van der Waals surface area contributed by atoms with E-state index < -0.39 is 15.9 Å². The molecule has 1 atom stereocenters. The summed E-state index contributed by atoms with van der Waals surface area (Å²) in [5.41, 5.74) is 0.448. The minimum absolute atomic E-state index is 0.0565. The Morgan fingerprint density at radius 1 is 1.19 bits per heavy atom. The van der Waals surface area contributed by atoms with Crippen molar-refractivity contribution in [2.24, 2.45) is 0 Å². The highest BCUT2D eigenvalue weighted by molar-refractivity contribution is 7.87. The first-order valence-electron chi connectivity index (χ1n) is 9.54. The lowest BCUT2D eigenvalue weighted by atomic mass is 10.1. The highest BCUT2D eigenvalue weighted by Crippen LogP contribution is 2.29. The second-order valence-electron chi connectivity index (χ2n) is 6.91. The molecule has 5 nitrogen and oxygen atoms in total. The summed E-state index contributed by atoms with van der Waals surface area (Å²) < 4.78 is 43.9. The standard InChI is InChI=1S/C22H21ClFNO4S2/c1-3-15(2)25(22(26)21-5-4-12-30-21)14-16-13-17(23)6-11-20(16)29-31(27,28)19-9-7-18(24)8-10-19/h4-13,15H,3,14H2,1-2H3. The summed E-state index contributed by atoms with van der Waals surface area (Å²) in [6.07, 6.45) is 0.710. The third-order valence-electron chi connectivity index (χ3n) is 4.78. The zero-order chi connectivity index (χ0) is 22.6. The van der Waals surface area contributed by atoms with Crippen LogP contribution in [0.5, 0.6) is 5.75 Å². The van der Waals surface area contributed by atoms with E-state index in [0.717, 1.165) is 24.3 Å². The summed E-state index contributed by atoms with van der Waals surface area (Å²) in [5.74, 6) is -0.653. The minimum atomic E-state index is -4.20. The number of thiophene rings is 1. The normalized spacial score (nSPS) is 12.4. The van der Waals surface area contributed by atoms with Gasteiger partial charge in [-0.2, -0.15) is 8.42 Å². The third kappa shape index (κ3) is 5.64. The number of amides is 1. The van der Waals surface area contributed by atoms with E-state index in [2.05, 4.69) is 0 Å². The molecule has 0 bridgehead atoms. The van der Waals surface area contributed by atoms with E-state index in [1.54, 1.807) is 23.1 Å². The molecule has 1 aromatic heterocycles. The van der Waals surface area contributed by atoms with Gasteiger partial charge < -0.3 is 9.08 Å². The van der Waals surface area contributed by atoms with Crippen LogP contribution in [0.15, 0.2) is 64.9 Å². The summed E-state index contributed by atoms with van der Waals surface area (Å²) in [6, 6.07) is 12.3. The molecule has 1 heterocycles. The number of hydrogen-bond acceptors (Lipinski definition) is 5. The van der Waals surface area contributed by atoms with Gasteiger partial charge in [-0.25, -0.2) is 4.39 Å². The average molecular weight is 482 g/mol. The van der Waals surface area contributed by atoms with Gasteiger partial charge in [-0.3, -0.25) is 4.79 Å². The number of nitrogens with zero attached hydrogens (tertiary/aromatic N) is 1. The van der Waals surface area contributed by atoms with Crippen LogP contribution in [0.1, 0.15) is 35.5 Å². The fourth-order valence-electron chi connectivity index (χ4n) is 2.89. The molecular formula is C22H21ClFNO4S2. The molecule has 0 N–H and O–H groups in total. The Balaban J connectivity index is 1.94. The largest absolute Gasteiger partial charge is 0.379 e. The van der Waals surface area contributed by atoms with Gasteiger partial charge in [0.1, 0.15) is 16.5 Å². The second-order valence-corrected chi connectivity index (χ2v) is 9.84. The molecule has 0 aliphatic rings. The molecule has 0 radical (unpaired) electrons. The Morgan fingerprint density at radius 2 is 1.90 bits per heavy atom. The first kappa shape index (κ1) is 23.2. The Bertz CT molecular complexity index is 1150. The monoisotopic (exact) mass is 481 g/mol. The number of rotatable bonds is 8. The number of carbonyl (C=O) groups is 1. The maximum atomic E-state index is 13.2. The van der Waals surface area contributed by atoms with Crippen molar-refractivity contribution in [2.75, 3.05) is 0 Å². The molecule has 0 fully saturated rings. The van der Waals surface area contributed by atoms with E-state index in [-0.39, 0.29) is 29.1 Å². The quantitative estimate of drug-likeness (QED) is 0.384. The topological polar surface area (TPSA) is 63.7 Å². The van der Waals surface area contributed by atoms with E-state index in [0.29, 0.717) is 21.9 Å². The molecular weight excluding hydrogens is 461 g/mol. The minimum Gasteiger partial charge on any atom is -0.379 e. The van der Waals surface area contributed by atoms with Crippen LogP contribution in [0.2, 0.25) is 5.02 Å². The average Bonchev–Trinajstić information content (AvgIpc) is 3.28. The van der Waals surface area contributed by atoms with Crippen LogP contribution in [0.25, 0.3) is 0 Å². The maximum Gasteiger partial charge on any atom is 0.339 e. The zero-order valence-corrected chi connectivity index (χ0v) is 19.3. The van der Waals surface area contributed by atoms with Crippen molar-refractivity contribution >= 4 is 39.0 Å². The lowest BCUT2D eigenvalue weighted by Crippen LogP contribution is -2.37. The fourth-order valence-corrected chi connectivity index (χ4v) is 4.73. The van der Waals surface area contributed by atoms with Crippen molar-refractivity contribution in [3.05, 3.63) is 81.3 Å². The van der Waals surface area contributed by atoms with Crippen molar-refractivity contribution in [1.82, 2.24) is 4.90 Å². The lowest BCUT2D eigenvalue weighted by Gasteiger charge is -2.29. The van der Waals surface area contributed by atoms with Crippen molar-refractivity contribution in [1.29, 1.82) is 0 Å². The molecule has 0 spiro atoms. The second kappa shape index (κ2) is 9.80. The summed E-state index contributed by atoms with van der Waals surface area (Å²) in [4.78, 5) is 15.1.